The second-order valence-corrected chi connectivity index (χ2v) is 7.35. The van der Waals surface area contributed by atoms with Crippen molar-refractivity contribution in [3.05, 3.63) is 74.8 Å². The molecule has 4 heteroatoms. The lowest BCUT2D eigenvalue weighted by atomic mass is 9.64. The second kappa shape index (κ2) is 4.04. The van der Waals surface area contributed by atoms with E-state index in [-0.39, 0.29) is 14.0 Å². The van der Waals surface area contributed by atoms with Crippen LogP contribution >= 0.6 is 22.6 Å². The molecule has 3 aliphatic rings. The fourth-order valence-electron chi connectivity index (χ4n) is 3.70. The Balaban J connectivity index is 2.02. The lowest BCUT2D eigenvalue weighted by molar-refractivity contribution is -0.385. The van der Waals surface area contributed by atoms with Gasteiger partial charge in [-0.3, -0.25) is 10.1 Å². The van der Waals surface area contributed by atoms with Crippen LogP contribution < -0.4 is 0 Å². The van der Waals surface area contributed by atoms with E-state index in [0.717, 1.165) is 18.4 Å². The molecule has 0 amide bonds. The van der Waals surface area contributed by atoms with E-state index in [1.165, 1.54) is 16.7 Å². The summed E-state index contributed by atoms with van der Waals surface area (Å²) in [5.74, 6) is 0.402. The van der Waals surface area contributed by atoms with Crippen LogP contribution in [0.3, 0.4) is 0 Å². The van der Waals surface area contributed by atoms with Gasteiger partial charge in [-0.2, -0.15) is 0 Å². The van der Waals surface area contributed by atoms with Gasteiger partial charge in [-0.25, -0.2) is 0 Å². The minimum Gasteiger partial charge on any atom is -0.258 e. The van der Waals surface area contributed by atoms with Crippen LogP contribution in [0, 0.1) is 10.1 Å². The van der Waals surface area contributed by atoms with Crippen molar-refractivity contribution in [3.8, 4) is 0 Å². The molecule has 0 saturated carbocycles. The van der Waals surface area contributed by atoms with Crippen molar-refractivity contribution in [2.75, 3.05) is 0 Å². The summed E-state index contributed by atoms with van der Waals surface area (Å²) >= 11 is 2.49. The van der Waals surface area contributed by atoms with Crippen molar-refractivity contribution in [2.24, 2.45) is 0 Å². The number of hydrogen-bond donors (Lipinski definition) is 0. The molecule has 2 unspecified atom stereocenters. The maximum absolute atomic E-state index is 11.0. The van der Waals surface area contributed by atoms with Gasteiger partial charge in [0.2, 0.25) is 0 Å². The minimum absolute atomic E-state index is 0.107. The Labute approximate surface area is 130 Å². The second-order valence-electron chi connectivity index (χ2n) is 5.51. The van der Waals surface area contributed by atoms with Crippen molar-refractivity contribution in [1.82, 2.24) is 0 Å². The third kappa shape index (κ3) is 1.45. The monoisotopic (exact) mass is 377 g/mol. The maximum Gasteiger partial charge on any atom is 0.269 e. The van der Waals surface area contributed by atoms with Crippen molar-refractivity contribution in [2.45, 2.75) is 22.2 Å². The van der Waals surface area contributed by atoms with E-state index in [4.69, 9.17) is 0 Å². The molecule has 0 saturated heterocycles. The summed E-state index contributed by atoms with van der Waals surface area (Å²) in [6.07, 6.45) is 2.19. The number of non-ortho nitro benzene ring substituents is 1. The van der Waals surface area contributed by atoms with Crippen LogP contribution in [0.5, 0.6) is 0 Å². The standard InChI is InChI=1S/C16H12INO2/c17-16-8-7-11(12-3-1-2-4-14(12)16)13-6-5-10(18(19)20)9-15(13)16/h1-6,9,11H,7-8H2. The van der Waals surface area contributed by atoms with E-state index >= 15 is 0 Å². The van der Waals surface area contributed by atoms with Gasteiger partial charge in [-0.1, -0.05) is 52.9 Å². The van der Waals surface area contributed by atoms with E-state index < -0.39 is 0 Å². The van der Waals surface area contributed by atoms with Crippen LogP contribution in [0.15, 0.2) is 42.5 Å². The van der Waals surface area contributed by atoms with Crippen LogP contribution in [0.4, 0.5) is 5.69 Å². The lowest BCUT2D eigenvalue weighted by Crippen LogP contribution is -2.35. The topological polar surface area (TPSA) is 43.1 Å². The van der Waals surface area contributed by atoms with Gasteiger partial charge in [0.15, 0.2) is 0 Å². The van der Waals surface area contributed by atoms with Gasteiger partial charge >= 0.3 is 0 Å². The molecule has 0 aliphatic heterocycles. The molecule has 0 heterocycles. The van der Waals surface area contributed by atoms with E-state index in [1.54, 1.807) is 12.1 Å². The first-order valence-corrected chi connectivity index (χ1v) is 7.76. The summed E-state index contributed by atoms with van der Waals surface area (Å²) in [7, 11) is 0. The molecule has 100 valence electrons. The zero-order valence-electron chi connectivity index (χ0n) is 10.7. The summed E-state index contributed by atoms with van der Waals surface area (Å²) in [6, 6.07) is 13.9. The third-order valence-electron chi connectivity index (χ3n) is 4.59. The average molecular weight is 377 g/mol. The van der Waals surface area contributed by atoms with Crippen LogP contribution in [0.25, 0.3) is 0 Å². The van der Waals surface area contributed by atoms with E-state index in [9.17, 15) is 10.1 Å². The summed E-state index contributed by atoms with van der Waals surface area (Å²) in [4.78, 5) is 10.7. The molecule has 20 heavy (non-hydrogen) atoms. The molecule has 2 aromatic rings. The quantitative estimate of drug-likeness (QED) is 0.318. The van der Waals surface area contributed by atoms with Crippen LogP contribution in [-0.2, 0) is 3.42 Å². The summed E-state index contributed by atoms with van der Waals surface area (Å²) in [5, 5.41) is 11.0. The Morgan fingerprint density at radius 1 is 1.15 bits per heavy atom. The Kier molecular flexibility index (Phi) is 2.49. The molecular weight excluding hydrogens is 365 g/mol. The number of benzene rings is 2. The normalized spacial score (nSPS) is 25.9. The molecule has 0 fully saturated rings. The molecule has 3 nitrogen and oxygen atoms in total. The molecule has 0 spiro atoms. The number of nitro groups is 1. The number of nitro benzene ring substituents is 1. The van der Waals surface area contributed by atoms with Crippen LogP contribution in [0.2, 0.25) is 0 Å². The summed E-state index contributed by atoms with van der Waals surface area (Å²) in [6.45, 7) is 0. The van der Waals surface area contributed by atoms with Gasteiger partial charge in [-0.05, 0) is 35.1 Å². The Morgan fingerprint density at radius 2 is 1.90 bits per heavy atom. The first kappa shape index (κ1) is 12.3. The zero-order valence-corrected chi connectivity index (χ0v) is 12.8. The van der Waals surface area contributed by atoms with Gasteiger partial charge in [0.25, 0.3) is 5.69 Å². The minimum atomic E-state index is -0.297. The van der Waals surface area contributed by atoms with Crippen LogP contribution in [-0.4, -0.2) is 4.92 Å². The fourth-order valence-corrected chi connectivity index (χ4v) is 4.97. The Bertz CT molecular complexity index is 743. The highest BCUT2D eigenvalue weighted by Crippen LogP contribution is 2.59. The van der Waals surface area contributed by atoms with Gasteiger partial charge < -0.3 is 0 Å². The molecule has 2 atom stereocenters. The summed E-state index contributed by atoms with van der Waals surface area (Å²) < 4.78 is -0.107. The molecule has 2 aromatic carbocycles. The van der Waals surface area contributed by atoms with E-state index in [2.05, 4.69) is 46.9 Å². The van der Waals surface area contributed by atoms with Gasteiger partial charge in [0, 0.05) is 18.1 Å². The van der Waals surface area contributed by atoms with Crippen LogP contribution in [0.1, 0.15) is 41.0 Å². The highest BCUT2D eigenvalue weighted by Gasteiger charge is 2.47. The number of rotatable bonds is 1. The zero-order chi connectivity index (χ0) is 13.9. The van der Waals surface area contributed by atoms with Crippen molar-refractivity contribution >= 4 is 28.3 Å². The number of fused-ring (bicyclic) bond motifs is 1. The van der Waals surface area contributed by atoms with Gasteiger partial charge in [0.1, 0.15) is 0 Å². The highest BCUT2D eigenvalue weighted by molar-refractivity contribution is 14.1. The molecule has 2 bridgehead atoms. The number of nitrogens with zero attached hydrogens (tertiary/aromatic N) is 1. The SMILES string of the molecule is O=[N+]([O-])c1ccc2c(c1)C1(I)CCC2c2ccccc21. The molecule has 0 aromatic heterocycles. The van der Waals surface area contributed by atoms with Gasteiger partial charge in [-0.15, -0.1) is 0 Å². The first-order chi connectivity index (χ1) is 9.61. The van der Waals surface area contributed by atoms with Gasteiger partial charge in [0.05, 0.1) is 8.35 Å². The molecule has 5 rings (SSSR count). The Morgan fingerprint density at radius 3 is 2.70 bits per heavy atom. The van der Waals surface area contributed by atoms with E-state index in [1.807, 2.05) is 6.07 Å². The van der Waals surface area contributed by atoms with Crippen molar-refractivity contribution in [3.63, 3.8) is 0 Å². The number of alkyl halides is 1. The molecule has 0 radical (unpaired) electrons. The fraction of sp³-hybridized carbons (Fsp3) is 0.250. The average Bonchev–Trinajstić information content (AvgIpc) is 2.47. The number of hydrogen-bond acceptors (Lipinski definition) is 2. The highest BCUT2D eigenvalue weighted by atomic mass is 127. The maximum atomic E-state index is 11.0. The van der Waals surface area contributed by atoms with Crippen molar-refractivity contribution < 1.29 is 4.92 Å². The largest absolute Gasteiger partial charge is 0.269 e. The molecular formula is C16H12INO2. The predicted molar refractivity (Wildman–Crippen MR) is 85.4 cm³/mol. The summed E-state index contributed by atoms with van der Waals surface area (Å²) in [5.41, 5.74) is 5.35. The predicted octanol–water partition coefficient (Wildman–Crippen LogP) is 4.51. The third-order valence-corrected chi connectivity index (χ3v) is 6.29. The molecule has 3 aliphatic carbocycles. The lowest BCUT2D eigenvalue weighted by Gasteiger charge is -2.46. The Hall–Kier alpha value is -1.43. The molecule has 0 N–H and O–H groups in total. The smallest absolute Gasteiger partial charge is 0.258 e. The first-order valence-electron chi connectivity index (χ1n) is 6.68. The van der Waals surface area contributed by atoms with E-state index in [0.29, 0.717) is 5.92 Å². The van der Waals surface area contributed by atoms with Crippen molar-refractivity contribution in [1.29, 1.82) is 0 Å². The number of halogens is 1.